The summed E-state index contributed by atoms with van der Waals surface area (Å²) in [4.78, 5) is 7.51. The number of ether oxygens (including phenoxy) is 1. The average molecular weight is 257 g/mol. The third-order valence-corrected chi connectivity index (χ3v) is 3.84. The van der Waals surface area contributed by atoms with Crippen LogP contribution in [0, 0.1) is 0 Å². The summed E-state index contributed by atoms with van der Waals surface area (Å²) >= 11 is 1.52. The maximum atomic E-state index is 9.14. The number of nitrogen functional groups attached to an aromatic ring is 1. The Kier molecular flexibility index (Phi) is 4.73. The number of hydrogen-bond acceptors (Lipinski definition) is 6. The van der Waals surface area contributed by atoms with Gasteiger partial charge in [-0.05, 0) is 12.8 Å². The van der Waals surface area contributed by atoms with E-state index in [1.807, 2.05) is 6.20 Å². The maximum Gasteiger partial charge on any atom is 0.180 e. The average Bonchev–Trinajstić information content (AvgIpc) is 2.75. The number of aromatic nitrogens is 1. The van der Waals surface area contributed by atoms with Crippen LogP contribution in [0.15, 0.2) is 6.20 Å². The van der Waals surface area contributed by atoms with E-state index in [0.29, 0.717) is 17.7 Å². The molecule has 1 aliphatic heterocycles. The van der Waals surface area contributed by atoms with Crippen LogP contribution in [-0.2, 0) is 11.3 Å². The second-order valence-electron chi connectivity index (χ2n) is 4.20. The van der Waals surface area contributed by atoms with Crippen molar-refractivity contribution in [1.29, 1.82) is 0 Å². The number of rotatable bonds is 5. The molecule has 1 fully saturated rings. The normalized spacial score (nSPS) is 17.8. The molecular formula is C11H19N3O2S. The molecule has 1 saturated heterocycles. The number of nitrogens with zero attached hydrogens (tertiary/aromatic N) is 2. The summed E-state index contributed by atoms with van der Waals surface area (Å²) in [5.41, 5.74) is 5.63. The van der Waals surface area contributed by atoms with Crippen LogP contribution in [0.5, 0.6) is 0 Å². The van der Waals surface area contributed by atoms with Gasteiger partial charge in [0.15, 0.2) is 5.13 Å². The first-order chi connectivity index (χ1) is 8.29. The summed E-state index contributed by atoms with van der Waals surface area (Å²) in [5, 5.41) is 9.75. The molecule has 0 spiro atoms. The van der Waals surface area contributed by atoms with Gasteiger partial charge in [-0.2, -0.15) is 0 Å². The zero-order valence-corrected chi connectivity index (χ0v) is 10.7. The molecule has 1 aromatic heterocycles. The van der Waals surface area contributed by atoms with Gasteiger partial charge in [0.1, 0.15) is 0 Å². The Morgan fingerprint density at radius 1 is 1.53 bits per heavy atom. The van der Waals surface area contributed by atoms with Gasteiger partial charge in [0, 0.05) is 43.4 Å². The highest BCUT2D eigenvalue weighted by Crippen LogP contribution is 2.21. The molecule has 0 atom stereocenters. The third-order valence-electron chi connectivity index (χ3n) is 3.02. The smallest absolute Gasteiger partial charge is 0.180 e. The standard InChI is InChI=1S/C11H19N3O2S/c12-11-13-7-10(17-11)8-14(3-4-15)9-1-5-16-6-2-9/h7,9,15H,1-6,8H2,(H2,12,13). The van der Waals surface area contributed by atoms with E-state index >= 15 is 0 Å². The Hall–Kier alpha value is -0.690. The molecule has 0 bridgehead atoms. The quantitative estimate of drug-likeness (QED) is 0.812. The van der Waals surface area contributed by atoms with Crippen molar-refractivity contribution < 1.29 is 9.84 Å². The van der Waals surface area contributed by atoms with Crippen LogP contribution in [0.25, 0.3) is 0 Å². The summed E-state index contributed by atoms with van der Waals surface area (Å²) in [5.74, 6) is 0. The molecule has 17 heavy (non-hydrogen) atoms. The molecule has 0 saturated carbocycles. The fourth-order valence-corrected chi connectivity index (χ4v) is 2.88. The van der Waals surface area contributed by atoms with Crippen molar-refractivity contribution in [3.8, 4) is 0 Å². The highest BCUT2D eigenvalue weighted by atomic mass is 32.1. The molecule has 0 aliphatic carbocycles. The maximum absolute atomic E-state index is 9.14. The molecule has 1 aliphatic rings. The molecular weight excluding hydrogens is 238 g/mol. The van der Waals surface area contributed by atoms with Gasteiger partial charge in [0.05, 0.1) is 6.61 Å². The first-order valence-corrected chi connectivity index (χ1v) is 6.74. The first-order valence-electron chi connectivity index (χ1n) is 5.92. The Balaban J connectivity index is 1.95. The van der Waals surface area contributed by atoms with Gasteiger partial charge in [-0.3, -0.25) is 4.90 Å². The molecule has 0 aromatic carbocycles. The molecule has 2 rings (SSSR count). The van der Waals surface area contributed by atoms with E-state index in [-0.39, 0.29) is 6.61 Å². The lowest BCUT2D eigenvalue weighted by molar-refractivity contribution is 0.0252. The fourth-order valence-electron chi connectivity index (χ4n) is 2.17. The molecule has 3 N–H and O–H groups in total. The van der Waals surface area contributed by atoms with Crippen LogP contribution < -0.4 is 5.73 Å². The second kappa shape index (κ2) is 6.30. The van der Waals surface area contributed by atoms with Gasteiger partial charge >= 0.3 is 0 Å². The van der Waals surface area contributed by atoms with Crippen LogP contribution >= 0.6 is 11.3 Å². The van der Waals surface area contributed by atoms with E-state index < -0.39 is 0 Å². The third kappa shape index (κ3) is 3.64. The first kappa shape index (κ1) is 12.8. The number of thiazole rings is 1. The number of anilines is 1. The van der Waals surface area contributed by atoms with Crippen molar-refractivity contribution in [2.75, 3.05) is 32.1 Å². The molecule has 1 aromatic rings. The molecule has 96 valence electrons. The van der Waals surface area contributed by atoms with Crippen molar-refractivity contribution in [3.63, 3.8) is 0 Å². The number of nitrogens with two attached hydrogens (primary N) is 1. The minimum atomic E-state index is 0.186. The zero-order valence-electron chi connectivity index (χ0n) is 9.84. The molecule has 0 unspecified atom stereocenters. The van der Waals surface area contributed by atoms with E-state index in [1.54, 1.807) is 0 Å². The van der Waals surface area contributed by atoms with Gasteiger partial charge in [-0.15, -0.1) is 11.3 Å². The summed E-state index contributed by atoms with van der Waals surface area (Å²) in [6.45, 7) is 3.34. The minimum absolute atomic E-state index is 0.186. The van der Waals surface area contributed by atoms with Crippen molar-refractivity contribution in [2.45, 2.75) is 25.4 Å². The molecule has 5 nitrogen and oxygen atoms in total. The van der Waals surface area contributed by atoms with E-state index in [4.69, 9.17) is 15.6 Å². The van der Waals surface area contributed by atoms with Gasteiger partial charge in [-0.1, -0.05) is 0 Å². The number of aliphatic hydroxyl groups is 1. The molecule has 0 radical (unpaired) electrons. The minimum Gasteiger partial charge on any atom is -0.395 e. The summed E-state index contributed by atoms with van der Waals surface area (Å²) in [6.07, 6.45) is 3.90. The predicted molar refractivity (Wildman–Crippen MR) is 67.9 cm³/mol. The van der Waals surface area contributed by atoms with Gasteiger partial charge < -0.3 is 15.6 Å². The van der Waals surface area contributed by atoms with Crippen molar-refractivity contribution >= 4 is 16.5 Å². The van der Waals surface area contributed by atoms with E-state index in [2.05, 4.69) is 9.88 Å². The van der Waals surface area contributed by atoms with E-state index in [1.165, 1.54) is 11.3 Å². The highest BCUT2D eigenvalue weighted by Gasteiger charge is 2.21. The Morgan fingerprint density at radius 2 is 2.29 bits per heavy atom. The Bertz CT molecular complexity index is 339. The largest absolute Gasteiger partial charge is 0.395 e. The van der Waals surface area contributed by atoms with Crippen molar-refractivity contribution in [2.24, 2.45) is 0 Å². The van der Waals surface area contributed by atoms with Gasteiger partial charge in [0.2, 0.25) is 0 Å². The monoisotopic (exact) mass is 257 g/mol. The summed E-state index contributed by atoms with van der Waals surface area (Å²) < 4.78 is 5.36. The van der Waals surface area contributed by atoms with Crippen LogP contribution in [0.1, 0.15) is 17.7 Å². The number of aliphatic hydroxyl groups excluding tert-OH is 1. The molecule has 2 heterocycles. The lowest BCUT2D eigenvalue weighted by Gasteiger charge is -2.33. The van der Waals surface area contributed by atoms with Gasteiger partial charge in [0.25, 0.3) is 0 Å². The van der Waals surface area contributed by atoms with Crippen LogP contribution in [-0.4, -0.2) is 47.4 Å². The van der Waals surface area contributed by atoms with Crippen LogP contribution in [0.3, 0.4) is 0 Å². The predicted octanol–water partition coefficient (Wildman–Crippen LogP) is 0.699. The van der Waals surface area contributed by atoms with Crippen LogP contribution in [0.2, 0.25) is 0 Å². The SMILES string of the molecule is Nc1ncc(CN(CCO)C2CCOCC2)s1. The zero-order chi connectivity index (χ0) is 12.1. The van der Waals surface area contributed by atoms with Crippen LogP contribution in [0.4, 0.5) is 5.13 Å². The topological polar surface area (TPSA) is 71.6 Å². The Labute approximate surface area is 105 Å². The van der Waals surface area contributed by atoms with Crippen molar-refractivity contribution in [1.82, 2.24) is 9.88 Å². The van der Waals surface area contributed by atoms with E-state index in [9.17, 15) is 0 Å². The summed E-state index contributed by atoms with van der Waals surface area (Å²) in [6, 6.07) is 0.499. The lowest BCUT2D eigenvalue weighted by atomic mass is 10.1. The Morgan fingerprint density at radius 3 is 2.88 bits per heavy atom. The summed E-state index contributed by atoms with van der Waals surface area (Å²) in [7, 11) is 0. The molecule has 0 amide bonds. The van der Waals surface area contributed by atoms with Gasteiger partial charge in [-0.25, -0.2) is 4.98 Å². The fraction of sp³-hybridized carbons (Fsp3) is 0.727. The second-order valence-corrected chi connectivity index (χ2v) is 5.35. The highest BCUT2D eigenvalue weighted by molar-refractivity contribution is 7.15. The lowest BCUT2D eigenvalue weighted by Crippen LogP contribution is -2.40. The number of hydrogen-bond donors (Lipinski definition) is 2. The molecule has 6 heteroatoms. The van der Waals surface area contributed by atoms with E-state index in [0.717, 1.165) is 37.5 Å². The van der Waals surface area contributed by atoms with Crippen molar-refractivity contribution in [3.05, 3.63) is 11.1 Å².